The summed E-state index contributed by atoms with van der Waals surface area (Å²) in [4.78, 5) is 35.7. The molecule has 1 unspecified atom stereocenters. The van der Waals surface area contributed by atoms with E-state index in [1.54, 1.807) is 38.4 Å². The number of nitrogens with zero attached hydrogens (tertiary/aromatic N) is 1. The zero-order valence-corrected chi connectivity index (χ0v) is 11.0. The molecule has 6 heteroatoms. The van der Waals surface area contributed by atoms with Crippen molar-refractivity contribution in [3.63, 3.8) is 0 Å². The maximum absolute atomic E-state index is 11.9. The molecule has 1 aromatic rings. The van der Waals surface area contributed by atoms with Crippen molar-refractivity contribution < 1.29 is 19.5 Å². The van der Waals surface area contributed by atoms with Crippen LogP contribution in [0.5, 0.6) is 0 Å². The monoisotopic (exact) mass is 264 g/mol. The number of hydrogen-bond donors (Lipinski definition) is 2. The molecule has 0 aromatic heterocycles. The van der Waals surface area contributed by atoms with E-state index in [1.165, 1.54) is 11.8 Å². The van der Waals surface area contributed by atoms with Crippen LogP contribution in [0.2, 0.25) is 0 Å². The Morgan fingerprint density at radius 2 is 1.79 bits per heavy atom. The highest BCUT2D eigenvalue weighted by atomic mass is 16.4. The number of carboxylic acids is 1. The van der Waals surface area contributed by atoms with E-state index in [2.05, 4.69) is 5.32 Å². The molecule has 0 spiro atoms. The second-order valence-corrected chi connectivity index (χ2v) is 4.29. The molecule has 0 bridgehead atoms. The van der Waals surface area contributed by atoms with Crippen LogP contribution < -0.4 is 5.32 Å². The molecule has 0 heterocycles. The summed E-state index contributed by atoms with van der Waals surface area (Å²) >= 11 is 0. The van der Waals surface area contributed by atoms with E-state index in [4.69, 9.17) is 5.11 Å². The molecule has 2 N–H and O–H groups in total. The van der Waals surface area contributed by atoms with Gasteiger partial charge in [-0.15, -0.1) is 0 Å². The summed E-state index contributed by atoms with van der Waals surface area (Å²) in [7, 11) is 3.20. The number of hydrogen-bond acceptors (Lipinski definition) is 3. The second kappa shape index (κ2) is 5.99. The van der Waals surface area contributed by atoms with Crippen LogP contribution >= 0.6 is 0 Å². The van der Waals surface area contributed by atoms with Crippen molar-refractivity contribution in [1.29, 1.82) is 0 Å². The number of carbonyl (C=O) groups excluding carboxylic acids is 2. The van der Waals surface area contributed by atoms with Crippen molar-refractivity contribution in [3.05, 3.63) is 29.8 Å². The van der Waals surface area contributed by atoms with Gasteiger partial charge in [0, 0.05) is 14.1 Å². The summed E-state index contributed by atoms with van der Waals surface area (Å²) < 4.78 is 0. The molecule has 1 atom stereocenters. The van der Waals surface area contributed by atoms with Gasteiger partial charge in [0.05, 0.1) is 11.3 Å². The van der Waals surface area contributed by atoms with Gasteiger partial charge in [0.1, 0.15) is 5.92 Å². The van der Waals surface area contributed by atoms with Crippen LogP contribution in [-0.4, -0.2) is 41.9 Å². The van der Waals surface area contributed by atoms with E-state index in [1.807, 2.05) is 0 Å². The van der Waals surface area contributed by atoms with Gasteiger partial charge >= 0.3 is 5.97 Å². The lowest BCUT2D eigenvalue weighted by atomic mass is 10.1. The first-order chi connectivity index (χ1) is 8.84. The van der Waals surface area contributed by atoms with E-state index in [0.29, 0.717) is 11.3 Å². The van der Waals surface area contributed by atoms with Crippen LogP contribution in [0.25, 0.3) is 0 Å². The third kappa shape index (κ3) is 3.54. The molecular formula is C13H16N2O4. The first kappa shape index (κ1) is 14.7. The Morgan fingerprint density at radius 1 is 1.21 bits per heavy atom. The summed E-state index contributed by atoms with van der Waals surface area (Å²) in [5.74, 6) is -3.32. The fraction of sp³-hybridized carbons (Fsp3) is 0.308. The van der Waals surface area contributed by atoms with Gasteiger partial charge in [-0.3, -0.25) is 14.4 Å². The second-order valence-electron chi connectivity index (χ2n) is 4.29. The number of benzene rings is 1. The smallest absolute Gasteiger partial charge is 0.315 e. The number of aliphatic carboxylic acids is 1. The normalized spacial score (nSPS) is 11.5. The minimum absolute atomic E-state index is 0.265. The zero-order valence-electron chi connectivity index (χ0n) is 11.0. The third-order valence-corrected chi connectivity index (χ3v) is 2.59. The number of carboxylic acid groups (broad SMARTS) is 1. The predicted octanol–water partition coefficient (Wildman–Crippen LogP) is 1.05. The van der Waals surface area contributed by atoms with Crippen LogP contribution in [-0.2, 0) is 9.59 Å². The van der Waals surface area contributed by atoms with Gasteiger partial charge < -0.3 is 15.3 Å². The summed E-state index contributed by atoms with van der Waals surface area (Å²) in [6.45, 7) is 1.29. The fourth-order valence-corrected chi connectivity index (χ4v) is 1.37. The SMILES string of the molecule is CC(C(=O)O)C(=O)Nc1ccccc1C(=O)N(C)C. The van der Waals surface area contributed by atoms with Crippen LogP contribution in [0.1, 0.15) is 17.3 Å². The van der Waals surface area contributed by atoms with Gasteiger partial charge in [-0.2, -0.15) is 0 Å². The van der Waals surface area contributed by atoms with Gasteiger partial charge in [0.25, 0.3) is 5.91 Å². The minimum atomic E-state index is -1.21. The van der Waals surface area contributed by atoms with E-state index < -0.39 is 17.8 Å². The Hall–Kier alpha value is -2.37. The number of para-hydroxylation sites is 1. The molecule has 0 radical (unpaired) electrons. The zero-order chi connectivity index (χ0) is 14.6. The average molecular weight is 264 g/mol. The third-order valence-electron chi connectivity index (χ3n) is 2.59. The number of rotatable bonds is 4. The molecule has 0 saturated carbocycles. The molecule has 1 rings (SSSR count). The average Bonchev–Trinajstić information content (AvgIpc) is 2.37. The molecule has 19 heavy (non-hydrogen) atoms. The van der Waals surface area contributed by atoms with Crippen molar-refractivity contribution in [2.24, 2.45) is 5.92 Å². The van der Waals surface area contributed by atoms with E-state index in [-0.39, 0.29) is 5.91 Å². The van der Waals surface area contributed by atoms with Crippen molar-refractivity contribution in [2.75, 3.05) is 19.4 Å². The molecule has 1 aromatic carbocycles. The molecule has 0 aliphatic rings. The first-order valence-electron chi connectivity index (χ1n) is 5.69. The number of amides is 2. The van der Waals surface area contributed by atoms with Crippen molar-refractivity contribution in [3.8, 4) is 0 Å². The Morgan fingerprint density at radius 3 is 2.32 bits per heavy atom. The van der Waals surface area contributed by atoms with Crippen LogP contribution in [0, 0.1) is 5.92 Å². The summed E-state index contributed by atoms with van der Waals surface area (Å²) in [5.41, 5.74) is 0.623. The lowest BCUT2D eigenvalue weighted by Gasteiger charge is -2.15. The molecular weight excluding hydrogens is 248 g/mol. The van der Waals surface area contributed by atoms with Gasteiger partial charge in [-0.25, -0.2) is 0 Å². The predicted molar refractivity (Wildman–Crippen MR) is 69.9 cm³/mol. The van der Waals surface area contributed by atoms with Crippen LogP contribution in [0.4, 0.5) is 5.69 Å². The quantitative estimate of drug-likeness (QED) is 0.796. The number of carbonyl (C=O) groups is 3. The molecule has 0 fully saturated rings. The minimum Gasteiger partial charge on any atom is -0.481 e. The number of nitrogens with one attached hydrogen (secondary N) is 1. The molecule has 2 amide bonds. The van der Waals surface area contributed by atoms with Gasteiger partial charge in [0.2, 0.25) is 5.91 Å². The van der Waals surface area contributed by atoms with Gasteiger partial charge in [-0.1, -0.05) is 12.1 Å². The fourth-order valence-electron chi connectivity index (χ4n) is 1.37. The first-order valence-corrected chi connectivity index (χ1v) is 5.69. The topological polar surface area (TPSA) is 86.7 Å². The highest BCUT2D eigenvalue weighted by Crippen LogP contribution is 2.17. The largest absolute Gasteiger partial charge is 0.481 e. The summed E-state index contributed by atoms with van der Waals surface area (Å²) in [6.07, 6.45) is 0. The number of anilines is 1. The molecule has 0 aliphatic carbocycles. The highest BCUT2D eigenvalue weighted by molar-refractivity contribution is 6.08. The maximum atomic E-state index is 11.9. The lowest BCUT2D eigenvalue weighted by Crippen LogP contribution is -2.29. The highest BCUT2D eigenvalue weighted by Gasteiger charge is 2.22. The van der Waals surface area contributed by atoms with E-state index >= 15 is 0 Å². The van der Waals surface area contributed by atoms with Crippen LogP contribution in [0.3, 0.4) is 0 Å². The Balaban J connectivity index is 2.99. The van der Waals surface area contributed by atoms with Gasteiger partial charge in [-0.05, 0) is 19.1 Å². The molecule has 102 valence electrons. The van der Waals surface area contributed by atoms with Gasteiger partial charge in [0.15, 0.2) is 0 Å². The summed E-state index contributed by atoms with van der Waals surface area (Å²) in [5, 5.41) is 11.2. The van der Waals surface area contributed by atoms with Crippen molar-refractivity contribution in [2.45, 2.75) is 6.92 Å². The lowest BCUT2D eigenvalue weighted by molar-refractivity contribution is -0.144. The molecule has 0 aliphatic heterocycles. The van der Waals surface area contributed by atoms with E-state index in [9.17, 15) is 14.4 Å². The Bertz CT molecular complexity index is 511. The molecule has 0 saturated heterocycles. The summed E-state index contributed by atoms with van der Waals surface area (Å²) in [6, 6.07) is 6.47. The van der Waals surface area contributed by atoms with Crippen molar-refractivity contribution >= 4 is 23.5 Å². The Labute approximate surface area is 111 Å². The maximum Gasteiger partial charge on any atom is 0.315 e. The molecule has 6 nitrogen and oxygen atoms in total. The van der Waals surface area contributed by atoms with Crippen molar-refractivity contribution in [1.82, 2.24) is 4.90 Å². The van der Waals surface area contributed by atoms with Crippen LogP contribution in [0.15, 0.2) is 24.3 Å². The Kier molecular flexibility index (Phi) is 4.63. The van der Waals surface area contributed by atoms with E-state index in [0.717, 1.165) is 0 Å². The standard InChI is InChI=1S/C13H16N2O4/c1-8(13(18)19)11(16)14-10-7-5-4-6-9(10)12(17)15(2)3/h4-8H,1-3H3,(H,14,16)(H,18,19).